The molecule has 220 valence electrons. The van der Waals surface area contributed by atoms with Crippen molar-refractivity contribution in [1.82, 2.24) is 0 Å². The molecule has 0 aliphatic rings. The summed E-state index contributed by atoms with van der Waals surface area (Å²) in [6.45, 7) is 1.81. The predicted molar refractivity (Wildman–Crippen MR) is 180 cm³/mol. The zero-order valence-corrected chi connectivity index (χ0v) is 25.8. The summed E-state index contributed by atoms with van der Waals surface area (Å²) < 4.78 is 35.9. The number of nitriles is 1. The molecular weight excluding hydrogens is 607 g/mol. The molecule has 0 radical (unpaired) electrons. The van der Waals surface area contributed by atoms with Crippen LogP contribution in [0, 0.1) is 29.9 Å². The fourth-order valence-electron chi connectivity index (χ4n) is 5.66. The lowest BCUT2D eigenvalue weighted by atomic mass is 9.92. The van der Waals surface area contributed by atoms with E-state index in [1.807, 2.05) is 48.5 Å². The topological polar surface area (TPSA) is 33.0 Å². The summed E-state index contributed by atoms with van der Waals surface area (Å²) in [6.07, 6.45) is 0. The summed E-state index contributed by atoms with van der Waals surface area (Å²) >= 11 is 13.6. The van der Waals surface area contributed by atoms with Gasteiger partial charge in [0.2, 0.25) is 0 Å². The number of hydrogen-bond donors (Lipinski definition) is 0. The predicted octanol–water partition coefficient (Wildman–Crippen LogP) is 11.8. The summed E-state index contributed by atoms with van der Waals surface area (Å²) in [7, 11) is 1.62. The average Bonchev–Trinajstić information content (AvgIpc) is 3.04. The lowest BCUT2D eigenvalue weighted by molar-refractivity contribution is 0.416. The van der Waals surface area contributed by atoms with E-state index < -0.39 is 5.82 Å². The van der Waals surface area contributed by atoms with Crippen molar-refractivity contribution in [3.8, 4) is 67.5 Å². The molecule has 0 heterocycles. The summed E-state index contributed by atoms with van der Waals surface area (Å²) in [5.74, 6) is -0.216. The van der Waals surface area contributed by atoms with Crippen molar-refractivity contribution in [1.29, 1.82) is 5.26 Å². The minimum absolute atomic E-state index is 0.242. The van der Waals surface area contributed by atoms with Crippen LogP contribution < -0.4 is 4.74 Å². The Morgan fingerprint density at radius 1 is 0.578 bits per heavy atom. The molecule has 0 unspecified atom stereocenters. The Balaban J connectivity index is 1.34. The average molecular weight is 633 g/mol. The van der Waals surface area contributed by atoms with E-state index in [4.69, 9.17) is 27.9 Å². The number of rotatable bonds is 6. The Labute approximate surface area is 270 Å². The maximum Gasteiger partial charge on any atom is 0.131 e. The van der Waals surface area contributed by atoms with Crippen molar-refractivity contribution < 1.29 is 13.5 Å². The van der Waals surface area contributed by atoms with Crippen molar-refractivity contribution in [2.75, 3.05) is 7.11 Å². The van der Waals surface area contributed by atoms with Crippen LogP contribution in [0.4, 0.5) is 8.78 Å². The Bertz CT molecular complexity index is 2080. The van der Waals surface area contributed by atoms with Crippen LogP contribution in [0.25, 0.3) is 55.6 Å². The third-order valence-corrected chi connectivity index (χ3v) is 8.46. The number of aryl methyl sites for hydroxylation is 1. The van der Waals surface area contributed by atoms with Crippen molar-refractivity contribution >= 4 is 23.2 Å². The van der Waals surface area contributed by atoms with Crippen LogP contribution in [0.5, 0.6) is 5.75 Å². The highest BCUT2D eigenvalue weighted by Crippen LogP contribution is 2.42. The van der Waals surface area contributed by atoms with E-state index in [-0.39, 0.29) is 16.9 Å². The van der Waals surface area contributed by atoms with Gasteiger partial charge >= 0.3 is 0 Å². The highest BCUT2D eigenvalue weighted by molar-refractivity contribution is 6.39. The second-order valence-corrected chi connectivity index (χ2v) is 11.4. The fraction of sp³-hybridized carbons (Fsp3) is 0.0513. The molecule has 0 N–H and O–H groups in total. The van der Waals surface area contributed by atoms with Crippen LogP contribution in [0.2, 0.25) is 10.0 Å². The van der Waals surface area contributed by atoms with Gasteiger partial charge in [0, 0.05) is 27.8 Å². The van der Waals surface area contributed by atoms with E-state index in [9.17, 15) is 9.65 Å². The zero-order valence-electron chi connectivity index (χ0n) is 24.3. The van der Waals surface area contributed by atoms with E-state index >= 15 is 4.39 Å². The Morgan fingerprint density at radius 2 is 1.22 bits per heavy atom. The van der Waals surface area contributed by atoms with Crippen LogP contribution in [-0.4, -0.2) is 7.11 Å². The maximum absolute atomic E-state index is 15.6. The standard InChI is InChI=1S/C39H25Cl2F2NO/c1-23-7-6-10-35(42)38(23)26-12-14-30(29(17-26)22-44)32-16-11-25(20-36(32)43)28-18-33(40)39(34(41)19-28)27-13-15-31(37(21-27)45-2)24-8-4-3-5-9-24/h3-21H,1-2H3. The lowest BCUT2D eigenvalue weighted by Crippen LogP contribution is -1.94. The highest BCUT2D eigenvalue weighted by Gasteiger charge is 2.18. The van der Waals surface area contributed by atoms with E-state index in [1.165, 1.54) is 12.1 Å². The quantitative estimate of drug-likeness (QED) is 0.183. The van der Waals surface area contributed by atoms with E-state index in [1.54, 1.807) is 68.6 Å². The van der Waals surface area contributed by atoms with Gasteiger partial charge in [-0.25, -0.2) is 8.78 Å². The van der Waals surface area contributed by atoms with Crippen LogP contribution in [0.3, 0.4) is 0 Å². The molecule has 0 fully saturated rings. The van der Waals surface area contributed by atoms with E-state index in [2.05, 4.69) is 6.07 Å². The number of benzene rings is 6. The van der Waals surface area contributed by atoms with Crippen LogP contribution >= 0.6 is 23.2 Å². The van der Waals surface area contributed by atoms with Gasteiger partial charge in [-0.2, -0.15) is 5.26 Å². The number of halogens is 4. The molecule has 0 spiro atoms. The number of methoxy groups -OCH3 is 1. The maximum atomic E-state index is 15.6. The monoisotopic (exact) mass is 631 g/mol. The van der Waals surface area contributed by atoms with Gasteiger partial charge in [-0.05, 0) is 76.7 Å². The summed E-state index contributed by atoms with van der Waals surface area (Å²) in [5.41, 5.74) is 7.23. The molecule has 6 heteroatoms. The first kappa shape index (κ1) is 30.1. The smallest absolute Gasteiger partial charge is 0.131 e. The second-order valence-electron chi connectivity index (χ2n) is 10.6. The molecular formula is C39H25Cl2F2NO. The van der Waals surface area contributed by atoms with Crippen LogP contribution in [-0.2, 0) is 0 Å². The van der Waals surface area contributed by atoms with Gasteiger partial charge < -0.3 is 4.74 Å². The van der Waals surface area contributed by atoms with Crippen LogP contribution in [0.15, 0.2) is 115 Å². The van der Waals surface area contributed by atoms with Gasteiger partial charge in [0.05, 0.1) is 28.8 Å². The first-order valence-electron chi connectivity index (χ1n) is 14.1. The van der Waals surface area contributed by atoms with Gasteiger partial charge in [0.25, 0.3) is 0 Å². The Hall–Kier alpha value is -4.95. The molecule has 0 aliphatic carbocycles. The molecule has 6 rings (SSSR count). The van der Waals surface area contributed by atoms with Gasteiger partial charge in [0.15, 0.2) is 0 Å². The van der Waals surface area contributed by atoms with Gasteiger partial charge in [-0.1, -0.05) is 102 Å². The number of nitrogens with zero attached hydrogens (tertiary/aromatic N) is 1. The molecule has 0 aromatic heterocycles. The minimum atomic E-state index is -0.517. The molecule has 0 atom stereocenters. The van der Waals surface area contributed by atoms with E-state index in [0.717, 1.165) is 22.3 Å². The zero-order chi connectivity index (χ0) is 31.7. The molecule has 0 saturated heterocycles. The third-order valence-electron chi connectivity index (χ3n) is 7.86. The van der Waals surface area contributed by atoms with Crippen molar-refractivity contribution in [3.63, 3.8) is 0 Å². The van der Waals surface area contributed by atoms with Gasteiger partial charge in [0.1, 0.15) is 17.4 Å². The van der Waals surface area contributed by atoms with Crippen molar-refractivity contribution in [2.45, 2.75) is 6.92 Å². The normalized spacial score (nSPS) is 10.9. The first-order chi connectivity index (χ1) is 21.8. The SMILES string of the molecule is COc1cc(-c2c(Cl)cc(-c3ccc(-c4ccc(-c5c(C)cccc5F)cc4C#N)c(F)c3)cc2Cl)ccc1-c1ccccc1. The molecule has 0 aliphatic heterocycles. The second kappa shape index (κ2) is 12.6. The highest BCUT2D eigenvalue weighted by atomic mass is 35.5. The summed E-state index contributed by atoms with van der Waals surface area (Å²) in [4.78, 5) is 0. The summed E-state index contributed by atoms with van der Waals surface area (Å²) in [6, 6.07) is 35.9. The van der Waals surface area contributed by atoms with Crippen molar-refractivity contribution in [3.05, 3.63) is 148 Å². The summed E-state index contributed by atoms with van der Waals surface area (Å²) in [5, 5.41) is 10.7. The molecule has 0 bridgehead atoms. The molecule has 0 saturated carbocycles. The molecule has 6 aromatic carbocycles. The minimum Gasteiger partial charge on any atom is -0.496 e. The number of hydrogen-bond acceptors (Lipinski definition) is 2. The molecule has 45 heavy (non-hydrogen) atoms. The third kappa shape index (κ3) is 5.81. The number of ether oxygens (including phenoxy) is 1. The largest absolute Gasteiger partial charge is 0.496 e. The Morgan fingerprint density at radius 3 is 1.87 bits per heavy atom. The van der Waals surface area contributed by atoms with E-state index in [0.29, 0.717) is 49.2 Å². The molecule has 0 amide bonds. The lowest BCUT2D eigenvalue weighted by Gasteiger charge is -2.15. The van der Waals surface area contributed by atoms with Crippen LogP contribution in [0.1, 0.15) is 11.1 Å². The first-order valence-corrected chi connectivity index (χ1v) is 14.9. The fourth-order valence-corrected chi connectivity index (χ4v) is 6.36. The Kier molecular flexibility index (Phi) is 8.41. The molecule has 6 aromatic rings. The van der Waals surface area contributed by atoms with Gasteiger partial charge in [-0.3, -0.25) is 0 Å². The molecule has 2 nitrogen and oxygen atoms in total. The van der Waals surface area contributed by atoms with Crippen molar-refractivity contribution in [2.24, 2.45) is 0 Å². The van der Waals surface area contributed by atoms with Gasteiger partial charge in [-0.15, -0.1) is 0 Å².